The molecule has 8 nitrogen and oxygen atoms in total. The zero-order chi connectivity index (χ0) is 28.7. The van der Waals surface area contributed by atoms with Crippen LogP contribution in [0.1, 0.15) is 33.1 Å². The molecule has 3 unspecified atom stereocenters. The average molecular weight is 547 g/mol. The van der Waals surface area contributed by atoms with Gasteiger partial charge in [-0.2, -0.15) is 0 Å². The van der Waals surface area contributed by atoms with E-state index in [1.165, 1.54) is 4.90 Å². The number of nitrogens with zero attached hydrogens (tertiary/aromatic N) is 2. The number of carbonyl (C=O) groups is 3. The molecule has 3 heterocycles. The lowest BCUT2D eigenvalue weighted by Crippen LogP contribution is -2.57. The number of esters is 1. The van der Waals surface area contributed by atoms with Gasteiger partial charge in [-0.25, -0.2) is 0 Å². The summed E-state index contributed by atoms with van der Waals surface area (Å²) >= 11 is 0. The fraction of sp³-hybridized carbons (Fsp3) is 0.469. The zero-order valence-corrected chi connectivity index (χ0v) is 23.3. The summed E-state index contributed by atoms with van der Waals surface area (Å²) in [7, 11) is 0. The fourth-order valence-corrected chi connectivity index (χ4v) is 7.16. The maximum atomic E-state index is 14.6. The van der Waals surface area contributed by atoms with E-state index in [2.05, 4.69) is 13.2 Å². The van der Waals surface area contributed by atoms with Gasteiger partial charge in [-0.05, 0) is 55.0 Å². The summed E-state index contributed by atoms with van der Waals surface area (Å²) in [6.07, 6.45) is 5.21. The molecule has 0 radical (unpaired) electrons. The highest BCUT2D eigenvalue weighted by molar-refractivity contribution is 6.05. The number of fused-ring (bicyclic) bond motifs is 2. The molecule has 1 N–H and O–H groups in total. The highest BCUT2D eigenvalue weighted by Gasteiger charge is 2.80. The van der Waals surface area contributed by atoms with Crippen LogP contribution in [0, 0.1) is 17.8 Å². The molecule has 8 heteroatoms. The molecular weight excluding hydrogens is 508 g/mol. The average Bonchev–Trinajstić information content (AvgIpc) is 3.46. The van der Waals surface area contributed by atoms with Gasteiger partial charge < -0.3 is 24.4 Å². The first-order valence-electron chi connectivity index (χ1n) is 14.0. The number of hydrogen-bond donors (Lipinski definition) is 1. The van der Waals surface area contributed by atoms with E-state index in [1.807, 2.05) is 56.3 Å². The third-order valence-electron chi connectivity index (χ3n) is 9.06. The lowest BCUT2D eigenvalue weighted by Gasteiger charge is -2.37. The number of hydrogen-bond acceptors (Lipinski definition) is 6. The van der Waals surface area contributed by atoms with Crippen LogP contribution in [0.15, 0.2) is 67.8 Å². The maximum absolute atomic E-state index is 14.6. The molecule has 6 atom stereocenters. The normalized spacial score (nSPS) is 30.4. The molecule has 2 amide bonds. The largest absolute Gasteiger partial charge is 0.465 e. The van der Waals surface area contributed by atoms with Crippen molar-refractivity contribution in [3.8, 4) is 0 Å². The predicted octanol–water partition coefficient (Wildman–Crippen LogP) is 3.87. The van der Waals surface area contributed by atoms with Crippen molar-refractivity contribution in [1.29, 1.82) is 0 Å². The van der Waals surface area contributed by atoms with E-state index in [4.69, 9.17) is 9.47 Å². The van der Waals surface area contributed by atoms with Crippen molar-refractivity contribution in [2.75, 3.05) is 31.2 Å². The van der Waals surface area contributed by atoms with Crippen molar-refractivity contribution >= 4 is 34.2 Å². The Morgan fingerprint density at radius 3 is 2.65 bits per heavy atom. The number of ether oxygens (including phenoxy) is 2. The molecule has 2 aromatic carbocycles. The van der Waals surface area contributed by atoms with Gasteiger partial charge >= 0.3 is 5.97 Å². The Bertz CT molecular complexity index is 1340. The Hall–Kier alpha value is -3.49. The topological polar surface area (TPSA) is 96.4 Å². The molecule has 3 saturated heterocycles. The number of β-amino-alcohol motifs (C(OH)–C–C–N with tert-alkyl or cyclic N) is 1. The SMILES string of the molecule is C=CCCCOC(=O)[C@@H]1[C@H]2C(=O)N(CCO)C(C(=O)N(CC=C)c3ccc4ccccc4c3)C23CC(C)[C@@]1(C)O3. The van der Waals surface area contributed by atoms with E-state index < -0.39 is 35.0 Å². The van der Waals surface area contributed by atoms with Gasteiger partial charge in [0.05, 0.1) is 24.7 Å². The third kappa shape index (κ3) is 4.25. The minimum atomic E-state index is -1.21. The highest BCUT2D eigenvalue weighted by Crippen LogP contribution is 2.65. The molecule has 1 spiro atoms. The van der Waals surface area contributed by atoms with Crippen LogP contribution in [0.4, 0.5) is 5.69 Å². The number of anilines is 1. The lowest BCUT2D eigenvalue weighted by atomic mass is 9.62. The Morgan fingerprint density at radius 1 is 1.20 bits per heavy atom. The molecule has 5 rings (SSSR count). The van der Waals surface area contributed by atoms with Crippen LogP contribution >= 0.6 is 0 Å². The summed E-state index contributed by atoms with van der Waals surface area (Å²) in [6, 6.07) is 12.7. The summed E-state index contributed by atoms with van der Waals surface area (Å²) < 4.78 is 12.4. The summed E-state index contributed by atoms with van der Waals surface area (Å²) in [4.78, 5) is 45.1. The van der Waals surface area contributed by atoms with Crippen LogP contribution in [0.5, 0.6) is 0 Å². The van der Waals surface area contributed by atoms with Crippen LogP contribution in [0.2, 0.25) is 0 Å². The van der Waals surface area contributed by atoms with E-state index in [-0.39, 0.29) is 44.0 Å². The van der Waals surface area contributed by atoms with Crippen LogP contribution in [0.25, 0.3) is 10.8 Å². The minimum Gasteiger partial charge on any atom is -0.465 e. The first-order chi connectivity index (χ1) is 19.2. The molecule has 40 heavy (non-hydrogen) atoms. The molecule has 3 fully saturated rings. The molecule has 0 aliphatic carbocycles. The Kier molecular flexibility index (Phi) is 7.59. The number of rotatable bonds is 11. The van der Waals surface area contributed by atoms with Gasteiger partial charge in [0, 0.05) is 18.8 Å². The van der Waals surface area contributed by atoms with Crippen LogP contribution in [0.3, 0.4) is 0 Å². The van der Waals surface area contributed by atoms with Gasteiger partial charge in [0.1, 0.15) is 17.6 Å². The van der Waals surface area contributed by atoms with Gasteiger partial charge in [0.25, 0.3) is 5.91 Å². The first-order valence-corrected chi connectivity index (χ1v) is 14.0. The van der Waals surface area contributed by atoms with Gasteiger partial charge in [-0.15, -0.1) is 13.2 Å². The third-order valence-corrected chi connectivity index (χ3v) is 9.06. The van der Waals surface area contributed by atoms with Crippen LogP contribution < -0.4 is 4.90 Å². The minimum absolute atomic E-state index is 0.0390. The molecule has 3 aliphatic heterocycles. The number of aliphatic hydroxyl groups excluding tert-OH is 1. The molecule has 0 saturated carbocycles. The molecule has 0 aromatic heterocycles. The van der Waals surface area contributed by atoms with E-state index >= 15 is 0 Å². The van der Waals surface area contributed by atoms with E-state index in [0.717, 1.165) is 10.8 Å². The van der Waals surface area contributed by atoms with Crippen molar-refractivity contribution < 1.29 is 29.0 Å². The van der Waals surface area contributed by atoms with Crippen molar-refractivity contribution in [3.05, 3.63) is 67.8 Å². The maximum Gasteiger partial charge on any atom is 0.312 e. The molecular formula is C32H38N2O6. The number of carbonyl (C=O) groups excluding carboxylic acids is 3. The van der Waals surface area contributed by atoms with Gasteiger partial charge in [-0.3, -0.25) is 14.4 Å². The van der Waals surface area contributed by atoms with Crippen molar-refractivity contribution in [3.63, 3.8) is 0 Å². The monoisotopic (exact) mass is 546 g/mol. The summed E-state index contributed by atoms with van der Waals surface area (Å²) in [5.74, 6) is -2.97. The second-order valence-electron chi connectivity index (χ2n) is 11.3. The number of unbranched alkanes of at least 4 members (excludes halogenated alkanes) is 1. The summed E-state index contributed by atoms with van der Waals surface area (Å²) in [6.45, 7) is 11.5. The number of aliphatic hydroxyl groups is 1. The number of allylic oxidation sites excluding steroid dienone is 1. The van der Waals surface area contributed by atoms with Crippen LogP contribution in [-0.4, -0.2) is 71.3 Å². The summed E-state index contributed by atoms with van der Waals surface area (Å²) in [5, 5.41) is 11.9. The van der Waals surface area contributed by atoms with Crippen LogP contribution in [-0.2, 0) is 23.9 Å². The Morgan fingerprint density at radius 2 is 1.95 bits per heavy atom. The molecule has 212 valence electrons. The summed E-state index contributed by atoms with van der Waals surface area (Å²) in [5.41, 5.74) is -1.49. The Labute approximate surface area is 235 Å². The van der Waals surface area contributed by atoms with E-state index in [0.29, 0.717) is 24.9 Å². The van der Waals surface area contributed by atoms with Gasteiger partial charge in [-0.1, -0.05) is 49.4 Å². The standard InChI is InChI=1S/C32H38N2O6/c1-5-7-10-18-39-30(38)26-25-28(36)34(16-17-35)27(32(25)20-21(3)31(26,4)40-32)29(37)33(15-6-2)24-14-13-22-11-8-9-12-23(22)19-24/h5-6,8-9,11-14,19,21,25-27,35H,1-2,7,10,15-18,20H2,3-4H3/t21?,25-,26-,27?,31+,32?/m0/s1. The lowest BCUT2D eigenvalue weighted by molar-refractivity contribution is -0.161. The zero-order valence-electron chi connectivity index (χ0n) is 23.3. The van der Waals surface area contributed by atoms with Crippen molar-refractivity contribution in [2.45, 2.75) is 50.4 Å². The van der Waals surface area contributed by atoms with Gasteiger partial charge in [0.2, 0.25) is 5.91 Å². The van der Waals surface area contributed by atoms with Crippen molar-refractivity contribution in [2.24, 2.45) is 17.8 Å². The molecule has 2 bridgehead atoms. The van der Waals surface area contributed by atoms with Crippen molar-refractivity contribution in [1.82, 2.24) is 4.90 Å². The quantitative estimate of drug-likeness (QED) is 0.261. The number of benzene rings is 2. The molecule has 2 aromatic rings. The first kappa shape index (κ1) is 28.1. The fourth-order valence-electron chi connectivity index (χ4n) is 7.16. The number of amides is 2. The predicted molar refractivity (Wildman–Crippen MR) is 152 cm³/mol. The second-order valence-corrected chi connectivity index (χ2v) is 11.3. The molecule has 3 aliphatic rings. The highest BCUT2D eigenvalue weighted by atomic mass is 16.6. The number of likely N-dealkylation sites (tertiary alicyclic amines) is 1. The Balaban J connectivity index is 1.55. The second kappa shape index (κ2) is 10.8. The van der Waals surface area contributed by atoms with E-state index in [9.17, 15) is 19.5 Å². The smallest absolute Gasteiger partial charge is 0.312 e. The van der Waals surface area contributed by atoms with Gasteiger partial charge in [0.15, 0.2) is 0 Å². The van der Waals surface area contributed by atoms with E-state index in [1.54, 1.807) is 17.1 Å².